The lowest BCUT2D eigenvalue weighted by Crippen LogP contribution is -1.91. The summed E-state index contributed by atoms with van der Waals surface area (Å²) in [5.74, 6) is 0. The molecule has 0 aliphatic rings. The van der Waals surface area contributed by atoms with Gasteiger partial charge in [0.2, 0.25) is 0 Å². The van der Waals surface area contributed by atoms with Crippen LogP contribution in [-0.2, 0) is 0 Å². The normalized spacial score (nSPS) is 20.2. The molecule has 0 amide bonds. The first-order chi connectivity index (χ1) is 32.2. The molecule has 1 nitrogen and oxygen atoms in total. The second-order valence-electron chi connectivity index (χ2n) is 9.28. The first-order valence-corrected chi connectivity index (χ1v) is 12.7. The lowest BCUT2D eigenvalue weighted by molar-refractivity contribution is 0.617. The van der Waals surface area contributed by atoms with Crippen molar-refractivity contribution in [3.05, 3.63) is 157 Å². The fourth-order valence-corrected chi connectivity index (χ4v) is 5.13. The fraction of sp³-hybridized carbons (Fsp3) is 0. The number of hydrogen-bond donors (Lipinski definition) is 0. The van der Waals surface area contributed by atoms with E-state index in [9.17, 15) is 12.3 Å². The van der Waals surface area contributed by atoms with Crippen LogP contribution in [0.1, 0.15) is 35.6 Å². The number of furan rings is 1. The zero-order valence-electron chi connectivity index (χ0n) is 47.4. The van der Waals surface area contributed by atoms with Crippen molar-refractivity contribution in [3.63, 3.8) is 0 Å². The Labute approximate surface area is 285 Å². The summed E-state index contributed by atoms with van der Waals surface area (Å²) in [6.45, 7) is 0. The predicted octanol–water partition coefficient (Wildman–Crippen LogP) is 12.0. The summed E-state index contributed by atoms with van der Waals surface area (Å²) in [7, 11) is 0. The molecule has 9 aromatic rings. The van der Waals surface area contributed by atoms with Crippen LogP contribution in [0.25, 0.3) is 87.4 Å². The van der Waals surface area contributed by atoms with Crippen molar-refractivity contribution in [1.82, 2.24) is 0 Å². The van der Waals surface area contributed by atoms with E-state index >= 15 is 0 Å². The Bertz CT molecular complexity index is 3860. The van der Waals surface area contributed by atoms with Gasteiger partial charge in [0.25, 0.3) is 0 Å². The molecule has 200 valence electrons. The molecule has 8 aromatic carbocycles. The SMILES string of the molecule is [2H]c1oc2c([2H])c([2H])c(-c3c4c([2H])c([2H])c([2H])c([2H])c4c(-c4c([2H])c([2H])c5c(c4[2H])c([2H])c([2H])c4c([2H])c([2H])c([2H])c([2H])c45)c4c([2H])c([2H])c([2H])c([2H])c34)c([2H])c2c1-c1c([2H])c([2H])c([2H])c([2H])c1[2H]. The lowest BCUT2D eigenvalue weighted by Gasteiger charge is -2.18. The molecule has 0 saturated carbocycles. The van der Waals surface area contributed by atoms with Gasteiger partial charge in [-0.05, 0) is 89.0 Å². The second-order valence-corrected chi connectivity index (χ2v) is 9.28. The molecule has 0 aliphatic heterocycles. The Morgan fingerprint density at radius 1 is 0.372 bits per heavy atom. The van der Waals surface area contributed by atoms with Crippen LogP contribution in [0.5, 0.6) is 0 Å². The van der Waals surface area contributed by atoms with E-state index in [1.807, 2.05) is 0 Å². The first kappa shape index (κ1) is 9.69. The third-order valence-corrected chi connectivity index (χ3v) is 6.97. The van der Waals surface area contributed by atoms with Crippen LogP contribution in [0.3, 0.4) is 0 Å². The third-order valence-electron chi connectivity index (χ3n) is 6.97. The van der Waals surface area contributed by atoms with E-state index in [2.05, 4.69) is 0 Å². The fourth-order valence-electron chi connectivity index (χ4n) is 5.13. The van der Waals surface area contributed by atoms with Gasteiger partial charge < -0.3 is 4.42 Å². The summed E-state index contributed by atoms with van der Waals surface area (Å²) in [5, 5.41) is -5.67. The summed E-state index contributed by atoms with van der Waals surface area (Å²) in [6, 6.07) is -22.5. The Kier molecular flexibility index (Phi) is 2.13. The Balaban J connectivity index is 1.60. The van der Waals surface area contributed by atoms with Gasteiger partial charge >= 0.3 is 0 Å². The molecule has 0 unspecified atom stereocenters. The average molecular weight is 573 g/mol. The molecule has 0 saturated heterocycles. The average Bonchev–Trinajstić information content (AvgIpc) is 3.66. The van der Waals surface area contributed by atoms with Crippen LogP contribution in [-0.4, -0.2) is 0 Å². The van der Waals surface area contributed by atoms with E-state index in [4.69, 9.17) is 27.7 Å². The summed E-state index contributed by atoms with van der Waals surface area (Å²) >= 11 is 0. The second kappa shape index (κ2) is 9.44. The van der Waals surface area contributed by atoms with E-state index in [0.29, 0.717) is 0 Å². The van der Waals surface area contributed by atoms with E-state index in [1.54, 1.807) is 0 Å². The maximum Gasteiger partial charge on any atom is 0.134 e. The van der Waals surface area contributed by atoms with Crippen LogP contribution in [0.15, 0.2) is 162 Å². The largest absolute Gasteiger partial charge is 0.464 e. The number of rotatable bonds is 3. The smallest absolute Gasteiger partial charge is 0.134 e. The van der Waals surface area contributed by atoms with Gasteiger partial charge in [0, 0.05) is 10.9 Å². The maximum atomic E-state index is 9.71. The van der Waals surface area contributed by atoms with Crippen molar-refractivity contribution in [1.29, 1.82) is 0 Å². The molecular weight excluding hydrogens is 520 g/mol. The molecule has 0 fully saturated rings. The van der Waals surface area contributed by atoms with Gasteiger partial charge in [-0.25, -0.2) is 0 Å². The Hall–Kier alpha value is -5.66. The lowest BCUT2D eigenvalue weighted by atomic mass is 9.85. The summed E-state index contributed by atoms with van der Waals surface area (Å²) < 4.78 is 238. The van der Waals surface area contributed by atoms with Gasteiger partial charge in [-0.2, -0.15) is 0 Å². The highest BCUT2D eigenvalue weighted by Crippen LogP contribution is 2.45. The predicted molar refractivity (Wildman–Crippen MR) is 183 cm³/mol. The highest BCUT2D eigenvalue weighted by Gasteiger charge is 2.18. The highest BCUT2D eigenvalue weighted by atomic mass is 16.3. The molecule has 0 radical (unpaired) electrons. The van der Waals surface area contributed by atoms with Crippen LogP contribution >= 0.6 is 0 Å². The minimum absolute atomic E-state index is 0.491. The van der Waals surface area contributed by atoms with Gasteiger partial charge in [0.15, 0.2) is 0 Å². The van der Waals surface area contributed by atoms with Gasteiger partial charge in [0.05, 0.1) is 40.5 Å². The monoisotopic (exact) mass is 572 g/mol. The molecule has 0 aliphatic carbocycles. The van der Waals surface area contributed by atoms with Gasteiger partial charge in [-0.1, -0.05) is 133 Å². The minimum atomic E-state index is -0.990. The number of hydrogen-bond acceptors (Lipinski definition) is 1. The zero-order chi connectivity index (χ0) is 51.0. The summed E-state index contributed by atoms with van der Waals surface area (Å²) in [4.78, 5) is 0. The molecule has 0 spiro atoms. The maximum absolute atomic E-state index is 9.71. The van der Waals surface area contributed by atoms with Crippen LogP contribution < -0.4 is 0 Å². The van der Waals surface area contributed by atoms with Crippen molar-refractivity contribution < 1.29 is 40.1 Å². The molecule has 1 aromatic heterocycles. The van der Waals surface area contributed by atoms with E-state index in [1.165, 1.54) is 0 Å². The topological polar surface area (TPSA) is 13.1 Å². The van der Waals surface area contributed by atoms with Crippen LogP contribution in [0, 0.1) is 0 Å². The molecule has 1 heteroatoms. The van der Waals surface area contributed by atoms with E-state index in [0.717, 1.165) is 0 Å². The van der Waals surface area contributed by atoms with E-state index < -0.39 is 245 Å². The first-order valence-electron chi connectivity index (χ1n) is 25.7. The van der Waals surface area contributed by atoms with Crippen molar-refractivity contribution in [2.45, 2.75) is 0 Å². The number of fused-ring (bicyclic) bond motifs is 6. The van der Waals surface area contributed by atoms with Crippen LogP contribution in [0.4, 0.5) is 0 Å². The molecule has 0 atom stereocenters. The standard InChI is InChI=1S/C42H26O/c1-2-10-27(11-3-1)39-26-43-40-23-21-31(25-38(39)40)42-36-16-8-6-14-34(36)41(35-15-7-9-17-37(35)42)30-20-22-33-29(24-30)19-18-28-12-4-5-13-32(28)33/h1-26H/i1D,2D,3D,4D,5D,6D,7D,8D,9D,10D,11D,12D,13D,14D,15D,16D,17D,18D,19D,20D,21D,22D,23D,24D,25D,26D. The summed E-state index contributed by atoms with van der Waals surface area (Å²) in [5.41, 5.74) is -4.94. The minimum Gasteiger partial charge on any atom is -0.464 e. The van der Waals surface area contributed by atoms with Gasteiger partial charge in [-0.3, -0.25) is 0 Å². The molecule has 0 N–H and O–H groups in total. The Morgan fingerprint density at radius 2 is 0.907 bits per heavy atom. The molecule has 43 heavy (non-hydrogen) atoms. The molecular formula is C42H26O. The summed E-state index contributed by atoms with van der Waals surface area (Å²) in [6.07, 6.45) is -0.919. The molecule has 1 heterocycles. The molecule has 9 rings (SSSR count). The Morgan fingerprint density at radius 3 is 1.60 bits per heavy atom. The van der Waals surface area contributed by atoms with Crippen molar-refractivity contribution in [3.8, 4) is 33.4 Å². The van der Waals surface area contributed by atoms with Crippen molar-refractivity contribution >= 4 is 54.1 Å². The highest BCUT2D eigenvalue weighted by molar-refractivity contribution is 6.22. The van der Waals surface area contributed by atoms with Gasteiger partial charge in [0.1, 0.15) is 6.95 Å². The van der Waals surface area contributed by atoms with Gasteiger partial charge in [-0.15, -0.1) is 0 Å². The van der Waals surface area contributed by atoms with Crippen LogP contribution in [0.2, 0.25) is 0 Å². The van der Waals surface area contributed by atoms with E-state index in [-0.39, 0.29) is 0 Å². The van der Waals surface area contributed by atoms with Crippen molar-refractivity contribution in [2.75, 3.05) is 0 Å². The zero-order valence-corrected chi connectivity index (χ0v) is 21.4. The molecule has 0 bridgehead atoms. The third kappa shape index (κ3) is 3.72. The quantitative estimate of drug-likeness (QED) is 0.152. The number of benzene rings is 8. The van der Waals surface area contributed by atoms with Crippen molar-refractivity contribution in [2.24, 2.45) is 0 Å².